The smallest absolute Gasteiger partial charge is 0.246 e. The van der Waals surface area contributed by atoms with Crippen molar-refractivity contribution in [2.75, 3.05) is 25.4 Å². The van der Waals surface area contributed by atoms with Crippen LogP contribution >= 0.6 is 23.2 Å². The van der Waals surface area contributed by atoms with Crippen molar-refractivity contribution in [3.05, 3.63) is 34.8 Å². The van der Waals surface area contributed by atoms with Gasteiger partial charge in [-0.25, -0.2) is 8.42 Å². The first-order valence-electron chi connectivity index (χ1n) is 5.31. The molecule has 8 heteroatoms. The number of aliphatic hydroxyl groups excluding tert-OH is 1. The summed E-state index contributed by atoms with van der Waals surface area (Å²) in [6.07, 6.45) is 1.41. The molecule has 0 bridgehead atoms. The third-order valence-electron chi connectivity index (χ3n) is 2.30. The molecule has 1 rings (SSSR count). The Hall–Kier alpha value is -0.790. The quantitative estimate of drug-likeness (QED) is 0.616. The minimum Gasteiger partial charge on any atom is -0.399 e. The second-order valence-corrected chi connectivity index (χ2v) is 6.38. The fourth-order valence-corrected chi connectivity index (χ4v) is 4.10. The summed E-state index contributed by atoms with van der Waals surface area (Å²) in [5, 5.41) is 8.81. The number of rotatable bonds is 6. The molecule has 0 aliphatic heterocycles. The van der Waals surface area contributed by atoms with Gasteiger partial charge >= 0.3 is 0 Å². The Morgan fingerprint density at radius 2 is 1.89 bits per heavy atom. The number of hydrogen-bond acceptors (Lipinski definition) is 4. The summed E-state index contributed by atoms with van der Waals surface area (Å²) in [4.78, 5) is -0.222. The van der Waals surface area contributed by atoms with Gasteiger partial charge in [0.25, 0.3) is 0 Å². The van der Waals surface area contributed by atoms with E-state index in [9.17, 15) is 8.42 Å². The molecule has 0 unspecified atom stereocenters. The molecule has 0 saturated carbocycles. The molecule has 1 aromatic rings. The van der Waals surface area contributed by atoms with Crippen molar-refractivity contribution in [3.63, 3.8) is 0 Å². The van der Waals surface area contributed by atoms with E-state index in [0.29, 0.717) is 0 Å². The normalized spacial score (nSPS) is 11.8. The van der Waals surface area contributed by atoms with Crippen LogP contribution in [0.15, 0.2) is 29.7 Å². The van der Waals surface area contributed by atoms with Crippen molar-refractivity contribution >= 4 is 38.9 Å². The number of nitrogen functional groups attached to an aromatic ring is 1. The Labute approximate surface area is 122 Å². The molecule has 19 heavy (non-hydrogen) atoms. The lowest BCUT2D eigenvalue weighted by Gasteiger charge is -2.21. The van der Waals surface area contributed by atoms with Crippen LogP contribution in [0, 0.1) is 0 Å². The summed E-state index contributed by atoms with van der Waals surface area (Å²) in [6, 6.07) is 2.62. The number of anilines is 1. The van der Waals surface area contributed by atoms with Crippen molar-refractivity contribution in [2.24, 2.45) is 0 Å². The predicted molar refractivity (Wildman–Crippen MR) is 76.9 cm³/mol. The van der Waals surface area contributed by atoms with Crippen LogP contribution < -0.4 is 5.73 Å². The van der Waals surface area contributed by atoms with E-state index in [1.54, 1.807) is 0 Å². The van der Waals surface area contributed by atoms with E-state index in [-0.39, 0.29) is 40.3 Å². The fraction of sp³-hybridized carbons (Fsp3) is 0.273. The number of sulfonamides is 1. The maximum Gasteiger partial charge on any atom is 0.246 e. The lowest BCUT2D eigenvalue weighted by atomic mass is 10.3. The molecule has 106 valence electrons. The highest BCUT2D eigenvalue weighted by Crippen LogP contribution is 2.33. The molecular weight excluding hydrogens is 311 g/mol. The zero-order chi connectivity index (χ0) is 14.6. The number of benzene rings is 1. The van der Waals surface area contributed by atoms with Crippen LogP contribution in [-0.4, -0.2) is 37.5 Å². The van der Waals surface area contributed by atoms with Crippen LogP contribution in [-0.2, 0) is 10.0 Å². The molecule has 0 radical (unpaired) electrons. The van der Waals surface area contributed by atoms with E-state index >= 15 is 0 Å². The van der Waals surface area contributed by atoms with Crippen LogP contribution in [0.25, 0.3) is 0 Å². The summed E-state index contributed by atoms with van der Waals surface area (Å²) < 4.78 is 25.9. The lowest BCUT2D eigenvalue weighted by Crippen LogP contribution is -2.34. The summed E-state index contributed by atoms with van der Waals surface area (Å²) in [5.74, 6) is 0. The van der Waals surface area contributed by atoms with E-state index in [1.807, 2.05) is 0 Å². The molecule has 5 nitrogen and oxygen atoms in total. The SMILES string of the molecule is C=CCN(CCO)S(=O)(=O)c1c(Cl)cc(N)cc1Cl. The minimum absolute atomic E-state index is 0.0416. The third kappa shape index (κ3) is 3.61. The number of nitrogens with zero attached hydrogens (tertiary/aromatic N) is 1. The maximum atomic E-state index is 12.4. The van der Waals surface area contributed by atoms with Crippen molar-refractivity contribution in [3.8, 4) is 0 Å². The van der Waals surface area contributed by atoms with E-state index < -0.39 is 10.0 Å². The van der Waals surface area contributed by atoms with Crippen LogP contribution in [0.1, 0.15) is 0 Å². The molecule has 0 atom stereocenters. The van der Waals surface area contributed by atoms with Crippen molar-refractivity contribution in [1.82, 2.24) is 4.31 Å². The molecule has 3 N–H and O–H groups in total. The molecule has 0 fully saturated rings. The van der Waals surface area contributed by atoms with Crippen molar-refractivity contribution < 1.29 is 13.5 Å². The van der Waals surface area contributed by atoms with Gasteiger partial charge < -0.3 is 10.8 Å². The van der Waals surface area contributed by atoms with Gasteiger partial charge in [-0.3, -0.25) is 0 Å². The van der Waals surface area contributed by atoms with E-state index in [1.165, 1.54) is 18.2 Å². The Kier molecular flexibility index (Phi) is 5.64. The average molecular weight is 325 g/mol. The number of hydrogen-bond donors (Lipinski definition) is 2. The standard InChI is InChI=1S/C11H14Cl2N2O3S/c1-2-3-15(4-5-16)19(17,18)11-9(12)6-8(14)7-10(11)13/h2,6-7,16H,1,3-5,14H2. The molecular formula is C11H14Cl2N2O3S. The zero-order valence-electron chi connectivity index (χ0n) is 10.0. The molecule has 0 amide bonds. The first-order chi connectivity index (χ1) is 8.84. The first kappa shape index (κ1) is 16.3. The molecule has 0 heterocycles. The molecule has 0 spiro atoms. The fourth-order valence-electron chi connectivity index (χ4n) is 1.52. The number of halogens is 2. The molecule has 0 aliphatic rings. The van der Waals surface area contributed by atoms with E-state index in [2.05, 4.69) is 6.58 Å². The Morgan fingerprint density at radius 3 is 2.32 bits per heavy atom. The average Bonchev–Trinajstić information content (AvgIpc) is 2.26. The lowest BCUT2D eigenvalue weighted by molar-refractivity contribution is 0.260. The van der Waals surface area contributed by atoms with Gasteiger partial charge in [-0.1, -0.05) is 29.3 Å². The largest absolute Gasteiger partial charge is 0.399 e. The van der Waals surface area contributed by atoms with Gasteiger partial charge in [0.1, 0.15) is 4.90 Å². The van der Waals surface area contributed by atoms with Gasteiger partial charge in [-0.15, -0.1) is 6.58 Å². The van der Waals surface area contributed by atoms with Gasteiger partial charge in [0.2, 0.25) is 10.0 Å². The monoisotopic (exact) mass is 324 g/mol. The van der Waals surface area contributed by atoms with Crippen molar-refractivity contribution in [1.29, 1.82) is 0 Å². The van der Waals surface area contributed by atoms with E-state index in [4.69, 9.17) is 34.0 Å². The minimum atomic E-state index is -3.92. The molecule has 0 aliphatic carbocycles. The highest BCUT2D eigenvalue weighted by molar-refractivity contribution is 7.89. The maximum absolute atomic E-state index is 12.4. The number of nitrogens with two attached hydrogens (primary N) is 1. The first-order valence-corrected chi connectivity index (χ1v) is 7.50. The van der Waals surface area contributed by atoms with Gasteiger partial charge in [0.05, 0.1) is 16.7 Å². The second-order valence-electron chi connectivity index (χ2n) is 3.69. The van der Waals surface area contributed by atoms with E-state index in [0.717, 1.165) is 4.31 Å². The number of aliphatic hydroxyl groups is 1. The topological polar surface area (TPSA) is 83.6 Å². The van der Waals surface area contributed by atoms with Gasteiger partial charge in [0, 0.05) is 18.8 Å². The van der Waals surface area contributed by atoms with Gasteiger partial charge in [-0.05, 0) is 12.1 Å². The second kappa shape index (κ2) is 6.58. The van der Waals surface area contributed by atoms with Crippen LogP contribution in [0.2, 0.25) is 10.0 Å². The van der Waals surface area contributed by atoms with Crippen LogP contribution in [0.4, 0.5) is 5.69 Å². The molecule has 0 aromatic heterocycles. The van der Waals surface area contributed by atoms with Crippen LogP contribution in [0.3, 0.4) is 0 Å². The third-order valence-corrected chi connectivity index (χ3v) is 5.09. The molecule has 0 saturated heterocycles. The molecule has 1 aromatic carbocycles. The van der Waals surface area contributed by atoms with Crippen LogP contribution in [0.5, 0.6) is 0 Å². The highest BCUT2D eigenvalue weighted by Gasteiger charge is 2.28. The highest BCUT2D eigenvalue weighted by atomic mass is 35.5. The summed E-state index contributed by atoms with van der Waals surface area (Å²) >= 11 is 11.8. The predicted octanol–water partition coefficient (Wildman–Crippen LogP) is 1.74. The Bertz CT molecular complexity index is 552. The summed E-state index contributed by atoms with van der Waals surface area (Å²) in [6.45, 7) is 3.12. The summed E-state index contributed by atoms with van der Waals surface area (Å²) in [5.41, 5.74) is 5.80. The van der Waals surface area contributed by atoms with Crippen molar-refractivity contribution in [2.45, 2.75) is 4.90 Å². The summed E-state index contributed by atoms with van der Waals surface area (Å²) in [7, 11) is -3.92. The van der Waals surface area contributed by atoms with Gasteiger partial charge in [-0.2, -0.15) is 4.31 Å². The Morgan fingerprint density at radius 1 is 1.37 bits per heavy atom. The zero-order valence-corrected chi connectivity index (χ0v) is 12.3. The van der Waals surface area contributed by atoms with Gasteiger partial charge in [0.15, 0.2) is 0 Å². The Balaban J connectivity index is 3.37.